The number of aryl methyl sites for hydroxylation is 3. The lowest BCUT2D eigenvalue weighted by atomic mass is 9.90. The molecule has 0 radical (unpaired) electrons. The van der Waals surface area contributed by atoms with Gasteiger partial charge in [-0.15, -0.1) is 0 Å². The molecule has 6 nitrogen and oxygen atoms in total. The monoisotopic (exact) mass is 441 g/mol. The molecule has 0 bridgehead atoms. The lowest BCUT2D eigenvalue weighted by molar-refractivity contribution is -0.164. The average molecular weight is 442 g/mol. The van der Waals surface area contributed by atoms with Crippen molar-refractivity contribution in [3.8, 4) is 11.3 Å². The van der Waals surface area contributed by atoms with Crippen molar-refractivity contribution in [3.63, 3.8) is 0 Å². The maximum Gasteiger partial charge on any atom is 0.339 e. The maximum absolute atomic E-state index is 12.5. The Morgan fingerprint density at radius 2 is 1.87 bits per heavy atom. The van der Waals surface area contributed by atoms with Gasteiger partial charge < -0.3 is 9.47 Å². The van der Waals surface area contributed by atoms with E-state index >= 15 is 0 Å². The molecule has 1 unspecified atom stereocenters. The number of aromatic nitrogens is 3. The third-order valence-electron chi connectivity index (χ3n) is 5.56. The van der Waals surface area contributed by atoms with Crippen LogP contribution in [0.15, 0.2) is 24.3 Å². The molecule has 4 rings (SSSR count). The van der Waals surface area contributed by atoms with Crippen LogP contribution in [0.4, 0.5) is 0 Å². The molecule has 1 aliphatic carbocycles. The smallest absolute Gasteiger partial charge is 0.339 e. The SMILES string of the molecule is COC(=O)C(OC(C)(C)C)c1c(C)nc2cc(-c3ccc4c(c3)CCCC4)nn2c1Cl. The number of nitrogens with zero attached hydrogens (tertiary/aromatic N) is 3. The van der Waals surface area contributed by atoms with Gasteiger partial charge in [-0.2, -0.15) is 5.10 Å². The van der Waals surface area contributed by atoms with Crippen LogP contribution in [-0.4, -0.2) is 33.3 Å². The van der Waals surface area contributed by atoms with E-state index in [2.05, 4.69) is 23.2 Å². The highest BCUT2D eigenvalue weighted by atomic mass is 35.5. The van der Waals surface area contributed by atoms with Crippen LogP contribution in [0, 0.1) is 6.92 Å². The third-order valence-corrected chi connectivity index (χ3v) is 5.93. The summed E-state index contributed by atoms with van der Waals surface area (Å²) in [6, 6.07) is 8.44. The van der Waals surface area contributed by atoms with E-state index in [0.29, 0.717) is 22.1 Å². The normalized spacial score (nSPS) is 15.0. The molecule has 3 aromatic rings. The van der Waals surface area contributed by atoms with Crippen molar-refractivity contribution < 1.29 is 14.3 Å². The maximum atomic E-state index is 12.5. The zero-order valence-electron chi connectivity index (χ0n) is 18.7. The van der Waals surface area contributed by atoms with Crippen LogP contribution in [0.1, 0.15) is 62.1 Å². The standard InChI is InChI=1S/C24H28ClN3O3/c1-14-20(21(23(29)30-5)31-24(2,3)4)22(25)28-19(26-14)13-18(27-28)17-11-10-15-8-6-7-9-16(15)12-17/h10-13,21H,6-9H2,1-5H3. The van der Waals surface area contributed by atoms with Crippen LogP contribution in [0.25, 0.3) is 16.9 Å². The molecular formula is C24H28ClN3O3. The quantitative estimate of drug-likeness (QED) is 0.407. The van der Waals surface area contributed by atoms with Crippen LogP contribution in [0.5, 0.6) is 0 Å². The van der Waals surface area contributed by atoms with Crippen LogP contribution >= 0.6 is 11.6 Å². The summed E-state index contributed by atoms with van der Waals surface area (Å²) in [6.07, 6.45) is 3.72. The van der Waals surface area contributed by atoms with Gasteiger partial charge >= 0.3 is 5.97 Å². The van der Waals surface area contributed by atoms with Gasteiger partial charge in [-0.05, 0) is 70.6 Å². The van der Waals surface area contributed by atoms with E-state index in [0.717, 1.165) is 24.1 Å². The Bertz CT molecular complexity index is 1150. The predicted molar refractivity (Wildman–Crippen MR) is 120 cm³/mol. The number of rotatable bonds is 4. The second-order valence-electron chi connectivity index (χ2n) is 9.03. The van der Waals surface area contributed by atoms with E-state index in [4.69, 9.17) is 26.2 Å². The first-order valence-corrected chi connectivity index (χ1v) is 11.0. The van der Waals surface area contributed by atoms with Crippen molar-refractivity contribution in [1.82, 2.24) is 14.6 Å². The lowest BCUT2D eigenvalue weighted by Gasteiger charge is -2.27. The highest BCUT2D eigenvalue weighted by Crippen LogP contribution is 2.34. The number of benzene rings is 1. The highest BCUT2D eigenvalue weighted by molar-refractivity contribution is 6.30. The van der Waals surface area contributed by atoms with E-state index in [1.165, 1.54) is 31.1 Å². The fourth-order valence-corrected chi connectivity index (χ4v) is 4.47. The van der Waals surface area contributed by atoms with Crippen molar-refractivity contribution in [2.75, 3.05) is 7.11 Å². The third kappa shape index (κ3) is 4.32. The number of carbonyl (C=O) groups is 1. The number of hydrogen-bond donors (Lipinski definition) is 0. The van der Waals surface area contributed by atoms with E-state index in [1.54, 1.807) is 4.52 Å². The molecule has 1 aromatic carbocycles. The molecule has 164 valence electrons. The zero-order chi connectivity index (χ0) is 22.3. The number of halogens is 1. The van der Waals surface area contributed by atoms with Gasteiger partial charge in [0.15, 0.2) is 11.8 Å². The van der Waals surface area contributed by atoms with E-state index in [9.17, 15) is 4.79 Å². The molecule has 0 N–H and O–H groups in total. The first kappa shape index (κ1) is 21.8. The van der Waals surface area contributed by atoms with Crippen molar-refractivity contribution in [3.05, 3.63) is 51.8 Å². The molecule has 2 heterocycles. The summed E-state index contributed by atoms with van der Waals surface area (Å²) in [7, 11) is 1.33. The fraction of sp³-hybridized carbons (Fsp3) is 0.458. The molecule has 0 spiro atoms. The van der Waals surface area contributed by atoms with Crippen LogP contribution in [-0.2, 0) is 27.1 Å². The summed E-state index contributed by atoms with van der Waals surface area (Å²) in [4.78, 5) is 17.2. The number of esters is 1. The Hall–Kier alpha value is -2.44. The van der Waals surface area contributed by atoms with Crippen molar-refractivity contribution >= 4 is 23.2 Å². The van der Waals surface area contributed by atoms with Gasteiger partial charge in [0.1, 0.15) is 5.15 Å². The van der Waals surface area contributed by atoms with Gasteiger partial charge in [0.25, 0.3) is 0 Å². The minimum Gasteiger partial charge on any atom is -0.467 e. The van der Waals surface area contributed by atoms with Crippen LogP contribution < -0.4 is 0 Å². The molecule has 0 saturated heterocycles. The van der Waals surface area contributed by atoms with Gasteiger partial charge in [0, 0.05) is 17.3 Å². The summed E-state index contributed by atoms with van der Waals surface area (Å²) in [5.41, 5.74) is 5.77. The molecule has 7 heteroatoms. The summed E-state index contributed by atoms with van der Waals surface area (Å²) in [6.45, 7) is 7.44. The first-order chi connectivity index (χ1) is 14.7. The second-order valence-corrected chi connectivity index (χ2v) is 9.38. The molecule has 0 aliphatic heterocycles. The Kier molecular flexibility index (Phi) is 5.79. The Morgan fingerprint density at radius 3 is 2.55 bits per heavy atom. The van der Waals surface area contributed by atoms with Crippen molar-refractivity contribution in [2.24, 2.45) is 0 Å². The molecule has 0 fully saturated rings. The molecular weight excluding hydrogens is 414 g/mol. The van der Waals surface area contributed by atoms with Crippen molar-refractivity contribution in [1.29, 1.82) is 0 Å². The van der Waals surface area contributed by atoms with Gasteiger partial charge in [-0.1, -0.05) is 23.7 Å². The van der Waals surface area contributed by atoms with Gasteiger partial charge in [0.05, 0.1) is 24.0 Å². The Balaban J connectivity index is 1.81. The molecule has 1 aliphatic rings. The van der Waals surface area contributed by atoms with Crippen LogP contribution in [0.3, 0.4) is 0 Å². The Morgan fingerprint density at radius 1 is 1.16 bits per heavy atom. The number of hydrogen-bond acceptors (Lipinski definition) is 5. The minimum atomic E-state index is -0.995. The number of methoxy groups -OCH3 is 1. The summed E-state index contributed by atoms with van der Waals surface area (Å²) in [5.74, 6) is -0.525. The summed E-state index contributed by atoms with van der Waals surface area (Å²) >= 11 is 6.76. The van der Waals surface area contributed by atoms with E-state index < -0.39 is 17.7 Å². The summed E-state index contributed by atoms with van der Waals surface area (Å²) in [5, 5.41) is 5.01. The van der Waals surface area contributed by atoms with Gasteiger partial charge in [-0.25, -0.2) is 14.3 Å². The van der Waals surface area contributed by atoms with E-state index in [-0.39, 0.29) is 0 Å². The predicted octanol–water partition coefficient (Wildman–Crippen LogP) is 5.27. The molecule has 0 amide bonds. The largest absolute Gasteiger partial charge is 0.467 e. The molecule has 31 heavy (non-hydrogen) atoms. The average Bonchev–Trinajstić information content (AvgIpc) is 3.15. The number of fused-ring (bicyclic) bond motifs is 2. The van der Waals surface area contributed by atoms with E-state index in [1.807, 2.05) is 33.8 Å². The highest BCUT2D eigenvalue weighted by Gasteiger charge is 2.33. The number of carbonyl (C=O) groups excluding carboxylic acids is 1. The lowest BCUT2D eigenvalue weighted by Crippen LogP contribution is -2.29. The Labute approximate surface area is 187 Å². The second kappa shape index (κ2) is 8.24. The summed E-state index contributed by atoms with van der Waals surface area (Å²) < 4.78 is 12.6. The van der Waals surface area contributed by atoms with Crippen LogP contribution in [0.2, 0.25) is 5.15 Å². The van der Waals surface area contributed by atoms with Gasteiger partial charge in [0.2, 0.25) is 0 Å². The van der Waals surface area contributed by atoms with Crippen molar-refractivity contribution in [2.45, 2.75) is 65.1 Å². The zero-order valence-corrected chi connectivity index (χ0v) is 19.4. The topological polar surface area (TPSA) is 65.7 Å². The van der Waals surface area contributed by atoms with Gasteiger partial charge in [-0.3, -0.25) is 0 Å². The first-order valence-electron chi connectivity index (χ1n) is 10.6. The minimum absolute atomic E-state index is 0.298. The fourth-order valence-electron chi connectivity index (χ4n) is 4.11. The number of ether oxygens (including phenoxy) is 2. The molecule has 2 aromatic heterocycles. The molecule has 1 atom stereocenters. The molecule has 0 saturated carbocycles.